The summed E-state index contributed by atoms with van der Waals surface area (Å²) in [5, 5.41) is 4.33. The van der Waals surface area contributed by atoms with E-state index in [1.807, 2.05) is 20.8 Å². The van der Waals surface area contributed by atoms with Crippen LogP contribution in [0.4, 0.5) is 10.1 Å². The van der Waals surface area contributed by atoms with Gasteiger partial charge in [-0.3, -0.25) is 0 Å². The van der Waals surface area contributed by atoms with Crippen LogP contribution in [0.1, 0.15) is 25.6 Å². The van der Waals surface area contributed by atoms with Crippen molar-refractivity contribution in [3.63, 3.8) is 0 Å². The molecule has 2 N–H and O–H groups in total. The lowest BCUT2D eigenvalue weighted by atomic mass is 10.3. The smallest absolute Gasteiger partial charge is 0.241 e. The van der Waals surface area contributed by atoms with E-state index in [0.717, 1.165) is 0 Å². The van der Waals surface area contributed by atoms with E-state index < -0.39 is 0 Å². The minimum absolute atomic E-state index is 0.116. The first kappa shape index (κ1) is 13.9. The van der Waals surface area contributed by atoms with Gasteiger partial charge in [-0.25, -0.2) is 9.07 Å². The van der Waals surface area contributed by atoms with E-state index in [4.69, 9.17) is 10.5 Å². The molecule has 0 unspecified atom stereocenters. The average molecular weight is 328 g/mol. The lowest BCUT2D eigenvalue weighted by molar-refractivity contribution is 0.387. The molecule has 102 valence electrons. The first-order chi connectivity index (χ1) is 8.90. The van der Waals surface area contributed by atoms with Gasteiger partial charge >= 0.3 is 0 Å². The van der Waals surface area contributed by atoms with Gasteiger partial charge in [0.25, 0.3) is 0 Å². The van der Waals surface area contributed by atoms with Gasteiger partial charge in [-0.1, -0.05) is 0 Å². The highest BCUT2D eigenvalue weighted by Gasteiger charge is 2.18. The summed E-state index contributed by atoms with van der Waals surface area (Å²) in [6, 6.07) is 4.34. The van der Waals surface area contributed by atoms with Crippen molar-refractivity contribution in [2.24, 2.45) is 0 Å². The minimum Gasteiger partial charge on any atom is -0.436 e. The summed E-state index contributed by atoms with van der Waals surface area (Å²) in [7, 11) is 0. The van der Waals surface area contributed by atoms with Gasteiger partial charge in [0.1, 0.15) is 17.3 Å². The number of nitrogens with two attached hydrogens (primary N) is 1. The molecular weight excluding hydrogens is 313 g/mol. The highest BCUT2D eigenvalue weighted by Crippen LogP contribution is 2.35. The molecule has 1 heterocycles. The summed E-state index contributed by atoms with van der Waals surface area (Å²) >= 11 is 3.26. The molecule has 0 amide bonds. The molecule has 0 saturated carbocycles. The molecule has 0 atom stereocenters. The van der Waals surface area contributed by atoms with Crippen LogP contribution in [0.2, 0.25) is 0 Å². The Morgan fingerprint density at radius 2 is 2.11 bits per heavy atom. The molecule has 0 spiro atoms. The van der Waals surface area contributed by atoms with E-state index in [-0.39, 0.29) is 11.9 Å². The number of nitrogen functional groups attached to an aromatic ring is 1. The molecule has 6 heteroatoms. The molecule has 0 bridgehead atoms. The number of aromatic nitrogens is 2. The van der Waals surface area contributed by atoms with Crippen LogP contribution in [-0.4, -0.2) is 9.78 Å². The Bertz CT molecular complexity index is 610. The summed E-state index contributed by atoms with van der Waals surface area (Å²) in [5.41, 5.74) is 7.17. The van der Waals surface area contributed by atoms with E-state index in [1.54, 1.807) is 10.7 Å². The molecule has 2 rings (SSSR count). The molecule has 0 radical (unpaired) electrons. The zero-order valence-corrected chi connectivity index (χ0v) is 12.5. The standard InChI is InChI=1S/C13H15BrFN3O/c1-7(2)18-13(12(16)8(3)17-18)19-11-5-4-9(15)6-10(11)14/h4-7H,16H2,1-3H3. The summed E-state index contributed by atoms with van der Waals surface area (Å²) in [5.74, 6) is 0.635. The maximum absolute atomic E-state index is 13.0. The van der Waals surface area contributed by atoms with Crippen molar-refractivity contribution >= 4 is 21.6 Å². The van der Waals surface area contributed by atoms with Crippen LogP contribution < -0.4 is 10.5 Å². The molecule has 4 nitrogen and oxygen atoms in total. The van der Waals surface area contributed by atoms with Crippen molar-refractivity contribution in [1.29, 1.82) is 0 Å². The lowest BCUT2D eigenvalue weighted by Crippen LogP contribution is -2.05. The normalized spacial score (nSPS) is 11.1. The number of halogens is 2. The first-order valence-corrected chi connectivity index (χ1v) is 6.67. The highest BCUT2D eigenvalue weighted by atomic mass is 79.9. The van der Waals surface area contributed by atoms with Crippen LogP contribution in [0.15, 0.2) is 22.7 Å². The molecule has 2 aromatic rings. The van der Waals surface area contributed by atoms with Crippen molar-refractivity contribution in [2.75, 3.05) is 5.73 Å². The largest absolute Gasteiger partial charge is 0.436 e. The third-order valence-corrected chi connectivity index (χ3v) is 3.30. The Morgan fingerprint density at radius 3 is 2.68 bits per heavy atom. The van der Waals surface area contributed by atoms with Crippen LogP contribution in [0.3, 0.4) is 0 Å². The monoisotopic (exact) mass is 327 g/mol. The van der Waals surface area contributed by atoms with Crippen LogP contribution in [-0.2, 0) is 0 Å². The second-order valence-corrected chi connectivity index (χ2v) is 5.37. The van der Waals surface area contributed by atoms with Crippen molar-refractivity contribution in [3.05, 3.63) is 34.2 Å². The maximum atomic E-state index is 13.0. The van der Waals surface area contributed by atoms with Crippen LogP contribution >= 0.6 is 15.9 Å². The van der Waals surface area contributed by atoms with Gasteiger partial charge in [0.15, 0.2) is 0 Å². The highest BCUT2D eigenvalue weighted by molar-refractivity contribution is 9.10. The molecule has 0 aliphatic carbocycles. The summed E-state index contributed by atoms with van der Waals surface area (Å²) in [6.07, 6.45) is 0. The van der Waals surface area contributed by atoms with E-state index >= 15 is 0 Å². The van der Waals surface area contributed by atoms with Crippen LogP contribution in [0.5, 0.6) is 11.6 Å². The van der Waals surface area contributed by atoms with Gasteiger partial charge in [0, 0.05) is 0 Å². The number of hydrogen-bond acceptors (Lipinski definition) is 3. The molecule has 19 heavy (non-hydrogen) atoms. The predicted octanol–water partition coefficient (Wildman–Crippen LogP) is 4.05. The van der Waals surface area contributed by atoms with Gasteiger partial charge in [-0.05, 0) is 54.9 Å². The number of rotatable bonds is 3. The third-order valence-electron chi connectivity index (χ3n) is 2.68. The Kier molecular flexibility index (Phi) is 3.80. The van der Waals surface area contributed by atoms with Crippen LogP contribution in [0, 0.1) is 12.7 Å². The second-order valence-electron chi connectivity index (χ2n) is 4.52. The van der Waals surface area contributed by atoms with Gasteiger partial charge in [-0.15, -0.1) is 0 Å². The molecule has 0 fully saturated rings. The predicted molar refractivity (Wildman–Crippen MR) is 75.9 cm³/mol. The molecular formula is C13H15BrFN3O. The number of aryl methyl sites for hydroxylation is 1. The fourth-order valence-corrected chi connectivity index (χ4v) is 2.08. The van der Waals surface area contributed by atoms with E-state index in [9.17, 15) is 4.39 Å². The molecule has 0 aliphatic heterocycles. The fraction of sp³-hybridized carbons (Fsp3) is 0.308. The van der Waals surface area contributed by atoms with Gasteiger partial charge in [0.2, 0.25) is 5.88 Å². The summed E-state index contributed by atoms with van der Waals surface area (Å²) in [4.78, 5) is 0. The Morgan fingerprint density at radius 1 is 1.42 bits per heavy atom. The maximum Gasteiger partial charge on any atom is 0.241 e. The quantitative estimate of drug-likeness (QED) is 0.925. The van der Waals surface area contributed by atoms with Gasteiger partial charge < -0.3 is 10.5 Å². The zero-order chi connectivity index (χ0) is 14.2. The summed E-state index contributed by atoms with van der Waals surface area (Å²) in [6.45, 7) is 5.79. The lowest BCUT2D eigenvalue weighted by Gasteiger charge is -2.13. The van der Waals surface area contributed by atoms with Crippen molar-refractivity contribution in [2.45, 2.75) is 26.8 Å². The van der Waals surface area contributed by atoms with Crippen LogP contribution in [0.25, 0.3) is 0 Å². The third kappa shape index (κ3) is 2.73. The Hall–Kier alpha value is -1.56. The van der Waals surface area contributed by atoms with E-state index in [2.05, 4.69) is 21.0 Å². The molecule has 0 aliphatic rings. The SMILES string of the molecule is Cc1nn(C(C)C)c(Oc2ccc(F)cc2Br)c1N. The fourth-order valence-electron chi connectivity index (χ4n) is 1.65. The number of hydrogen-bond donors (Lipinski definition) is 1. The van der Waals surface area contributed by atoms with Crippen molar-refractivity contribution in [3.8, 4) is 11.6 Å². The van der Waals surface area contributed by atoms with Gasteiger partial charge in [-0.2, -0.15) is 5.10 Å². The number of ether oxygens (including phenoxy) is 1. The molecule has 0 saturated heterocycles. The molecule has 1 aromatic carbocycles. The topological polar surface area (TPSA) is 53.1 Å². The second kappa shape index (κ2) is 5.21. The zero-order valence-electron chi connectivity index (χ0n) is 10.9. The summed E-state index contributed by atoms with van der Waals surface area (Å²) < 4.78 is 21.1. The minimum atomic E-state index is -0.333. The Balaban J connectivity index is 2.43. The number of benzene rings is 1. The van der Waals surface area contributed by atoms with Crippen molar-refractivity contribution < 1.29 is 9.13 Å². The number of nitrogens with zero attached hydrogens (tertiary/aromatic N) is 2. The van der Waals surface area contributed by atoms with Crippen molar-refractivity contribution in [1.82, 2.24) is 9.78 Å². The Labute approximate surface area is 119 Å². The first-order valence-electron chi connectivity index (χ1n) is 5.87. The van der Waals surface area contributed by atoms with E-state index in [1.165, 1.54) is 12.1 Å². The average Bonchev–Trinajstić information content (AvgIpc) is 2.61. The number of anilines is 1. The van der Waals surface area contributed by atoms with Gasteiger partial charge in [0.05, 0.1) is 16.2 Å². The molecule has 1 aromatic heterocycles. The van der Waals surface area contributed by atoms with E-state index in [0.29, 0.717) is 27.5 Å².